The second-order valence-corrected chi connectivity index (χ2v) is 19.1. The van der Waals surface area contributed by atoms with E-state index in [9.17, 15) is 0 Å². The van der Waals surface area contributed by atoms with Crippen LogP contribution in [0.25, 0.3) is 22.3 Å². The lowest BCUT2D eigenvalue weighted by molar-refractivity contribution is 0.588. The predicted octanol–water partition coefficient (Wildman–Crippen LogP) is 7.52. The summed E-state index contributed by atoms with van der Waals surface area (Å²) in [6, 6.07) is 37.0. The van der Waals surface area contributed by atoms with Gasteiger partial charge in [0.1, 0.15) is 0 Å². The molecule has 2 nitrogen and oxygen atoms in total. The van der Waals surface area contributed by atoms with Crippen LogP contribution in [0, 0.1) is 0 Å². The summed E-state index contributed by atoms with van der Waals surface area (Å²) in [4.78, 5) is 0. The number of benzene rings is 5. The lowest BCUT2D eigenvalue weighted by atomic mass is 9.86. The van der Waals surface area contributed by atoms with Crippen molar-refractivity contribution < 1.29 is 9.13 Å². The molecule has 2 aliphatic rings. The van der Waals surface area contributed by atoms with E-state index in [4.69, 9.17) is 0 Å². The summed E-state index contributed by atoms with van der Waals surface area (Å²) in [5.41, 5.74) is 6.01. The fourth-order valence-corrected chi connectivity index (χ4v) is 12.8. The van der Waals surface area contributed by atoms with E-state index in [2.05, 4.69) is 90.1 Å². The van der Waals surface area contributed by atoms with E-state index in [0.717, 1.165) is 65.2 Å². The first kappa shape index (κ1) is 27.4. The first-order valence-corrected chi connectivity index (χ1v) is 18.1. The van der Waals surface area contributed by atoms with E-state index in [1.54, 1.807) is 0 Å². The Hall–Kier alpha value is -3.44. The first-order chi connectivity index (χ1) is 19.8. The Bertz CT molecular complexity index is 1850. The Morgan fingerprint density at radius 3 is 1.07 bits per heavy atom. The summed E-state index contributed by atoms with van der Waals surface area (Å²) in [5.74, 6) is 0. The summed E-state index contributed by atoms with van der Waals surface area (Å²) < 4.78 is 31.2. The minimum absolute atomic E-state index is 0.0835. The topological polar surface area (TPSA) is 34.1 Å². The van der Waals surface area contributed by atoms with Crippen LogP contribution in [-0.4, -0.2) is 0 Å². The maximum Gasteiger partial charge on any atom is 0.172 e. The largest absolute Gasteiger partial charge is 0.309 e. The third-order valence-corrected chi connectivity index (χ3v) is 15.3. The highest BCUT2D eigenvalue weighted by Gasteiger charge is 2.46. The standard InChI is InChI=1S/C38H36O2P2/c1-37(2,3)25-17-19-29-31-23-36-32(24-35(31)41(39,33(29)21-25)27-13-9-7-10-14-27)30-20-18-26(38(4,5)6)22-34(30)42(36,40)28-15-11-8-12-16-28/h7-24H,1-6H3/t41-,42-/m1/s1. The van der Waals surface area contributed by atoms with Gasteiger partial charge in [-0.1, -0.05) is 126 Å². The van der Waals surface area contributed by atoms with Crippen molar-refractivity contribution in [3.63, 3.8) is 0 Å². The van der Waals surface area contributed by atoms with E-state index < -0.39 is 14.3 Å². The minimum atomic E-state index is -3.18. The van der Waals surface area contributed by atoms with E-state index in [1.165, 1.54) is 0 Å². The third-order valence-electron chi connectivity index (χ3n) is 9.02. The van der Waals surface area contributed by atoms with E-state index >= 15 is 9.13 Å². The lowest BCUT2D eigenvalue weighted by Gasteiger charge is -2.22. The van der Waals surface area contributed by atoms with Gasteiger partial charge in [-0.2, -0.15) is 0 Å². The zero-order valence-electron chi connectivity index (χ0n) is 25.1. The molecule has 4 heteroatoms. The monoisotopic (exact) mass is 586 g/mol. The van der Waals surface area contributed by atoms with Gasteiger partial charge in [-0.15, -0.1) is 0 Å². The Kier molecular flexibility index (Phi) is 5.89. The number of hydrogen-bond donors (Lipinski definition) is 0. The zero-order valence-corrected chi connectivity index (χ0v) is 26.9. The summed E-state index contributed by atoms with van der Waals surface area (Å²) in [6.45, 7) is 13.2. The van der Waals surface area contributed by atoms with E-state index in [0.29, 0.717) is 0 Å². The molecule has 2 aliphatic heterocycles. The zero-order chi connectivity index (χ0) is 29.7. The fourth-order valence-electron chi connectivity index (χ4n) is 6.59. The van der Waals surface area contributed by atoms with Crippen molar-refractivity contribution in [2.45, 2.75) is 52.4 Å². The Balaban J connectivity index is 1.58. The van der Waals surface area contributed by atoms with Crippen LogP contribution < -0.4 is 31.8 Å². The van der Waals surface area contributed by atoms with Crippen molar-refractivity contribution in [2.24, 2.45) is 0 Å². The number of fused-ring (bicyclic) bond motifs is 6. The molecule has 0 saturated carbocycles. The molecule has 5 aromatic rings. The highest BCUT2D eigenvalue weighted by molar-refractivity contribution is 7.87. The smallest absolute Gasteiger partial charge is 0.172 e. The van der Waals surface area contributed by atoms with Gasteiger partial charge in [0.05, 0.1) is 0 Å². The minimum Gasteiger partial charge on any atom is -0.309 e. The van der Waals surface area contributed by atoms with E-state index in [1.807, 2.05) is 60.7 Å². The second-order valence-electron chi connectivity index (χ2n) is 13.7. The maximum atomic E-state index is 15.6. The van der Waals surface area contributed by atoms with Gasteiger partial charge in [-0.3, -0.25) is 0 Å². The molecule has 0 fully saturated rings. The molecule has 42 heavy (non-hydrogen) atoms. The average Bonchev–Trinajstić information content (AvgIpc) is 3.38. The molecule has 0 amide bonds. The number of rotatable bonds is 2. The van der Waals surface area contributed by atoms with Crippen LogP contribution >= 0.6 is 14.3 Å². The van der Waals surface area contributed by atoms with Crippen LogP contribution in [0.15, 0.2) is 109 Å². The Labute approximate surface area is 249 Å². The molecule has 2 heterocycles. The molecule has 0 aromatic heterocycles. The Morgan fingerprint density at radius 2 is 0.738 bits per heavy atom. The van der Waals surface area contributed by atoms with Crippen molar-refractivity contribution in [1.29, 1.82) is 0 Å². The summed E-state index contributed by atoms with van der Waals surface area (Å²) >= 11 is 0. The molecule has 0 radical (unpaired) electrons. The van der Waals surface area contributed by atoms with Gasteiger partial charge in [0.25, 0.3) is 0 Å². The van der Waals surface area contributed by atoms with Gasteiger partial charge in [-0.05, 0) is 68.5 Å². The van der Waals surface area contributed by atoms with Gasteiger partial charge in [0.15, 0.2) is 14.3 Å². The quantitative estimate of drug-likeness (QED) is 0.197. The van der Waals surface area contributed by atoms with Crippen molar-refractivity contribution >= 4 is 46.1 Å². The molecular formula is C38H36O2P2. The lowest BCUT2D eigenvalue weighted by Crippen LogP contribution is -2.24. The first-order valence-electron chi connectivity index (χ1n) is 14.7. The van der Waals surface area contributed by atoms with Gasteiger partial charge in [0, 0.05) is 31.8 Å². The maximum absolute atomic E-state index is 15.6. The molecule has 2 atom stereocenters. The highest BCUT2D eigenvalue weighted by atomic mass is 31.2. The molecule has 0 saturated heterocycles. The molecule has 7 rings (SSSR count). The van der Waals surface area contributed by atoms with Crippen molar-refractivity contribution in [3.8, 4) is 22.3 Å². The van der Waals surface area contributed by atoms with Crippen LogP contribution in [0.1, 0.15) is 52.7 Å². The summed E-state index contributed by atoms with van der Waals surface area (Å²) in [5, 5.41) is 5.14. The molecule has 0 unspecified atom stereocenters. The Morgan fingerprint density at radius 1 is 0.405 bits per heavy atom. The molecule has 0 bridgehead atoms. The van der Waals surface area contributed by atoms with Gasteiger partial charge in [0.2, 0.25) is 0 Å². The van der Waals surface area contributed by atoms with Gasteiger partial charge >= 0.3 is 0 Å². The highest BCUT2D eigenvalue weighted by Crippen LogP contribution is 2.58. The molecule has 210 valence electrons. The van der Waals surface area contributed by atoms with Crippen LogP contribution in [0.4, 0.5) is 0 Å². The van der Waals surface area contributed by atoms with Crippen LogP contribution in [0.5, 0.6) is 0 Å². The number of hydrogen-bond acceptors (Lipinski definition) is 2. The van der Waals surface area contributed by atoms with E-state index in [-0.39, 0.29) is 10.8 Å². The fraction of sp³-hybridized carbons (Fsp3) is 0.211. The molecule has 0 aliphatic carbocycles. The van der Waals surface area contributed by atoms with Crippen LogP contribution in [0.3, 0.4) is 0 Å². The summed E-state index contributed by atoms with van der Waals surface area (Å²) in [7, 11) is -6.37. The molecule has 0 spiro atoms. The SMILES string of the molecule is CC(C)(C)c1ccc2c(c1)[P@](=O)(c1ccccc1)c1cc3c(cc1-2)[P@@](=O)(c1ccccc1)c1cc(C(C)(C)C)ccc1-3. The summed E-state index contributed by atoms with van der Waals surface area (Å²) in [6.07, 6.45) is 0. The second kappa shape index (κ2) is 9.03. The average molecular weight is 587 g/mol. The van der Waals surface area contributed by atoms with Crippen LogP contribution in [0.2, 0.25) is 0 Å². The molecule has 0 N–H and O–H groups in total. The molecular weight excluding hydrogens is 550 g/mol. The normalized spacial score (nSPS) is 20.5. The van der Waals surface area contributed by atoms with Crippen LogP contribution in [-0.2, 0) is 20.0 Å². The van der Waals surface area contributed by atoms with Crippen molar-refractivity contribution in [2.75, 3.05) is 0 Å². The van der Waals surface area contributed by atoms with Gasteiger partial charge < -0.3 is 9.13 Å². The predicted molar refractivity (Wildman–Crippen MR) is 181 cm³/mol. The van der Waals surface area contributed by atoms with Gasteiger partial charge in [-0.25, -0.2) is 0 Å². The van der Waals surface area contributed by atoms with Crippen molar-refractivity contribution in [1.82, 2.24) is 0 Å². The molecule has 5 aromatic carbocycles. The third kappa shape index (κ3) is 3.78. The van der Waals surface area contributed by atoms with Crippen molar-refractivity contribution in [3.05, 3.63) is 120 Å².